The third kappa shape index (κ3) is 3.03. The van der Waals surface area contributed by atoms with E-state index in [1.165, 1.54) is 0 Å². The molecule has 3 heterocycles. The van der Waals surface area contributed by atoms with Crippen molar-refractivity contribution in [1.29, 1.82) is 0 Å². The van der Waals surface area contributed by atoms with Crippen LogP contribution in [0.5, 0.6) is 0 Å². The Bertz CT molecular complexity index is 533. The summed E-state index contributed by atoms with van der Waals surface area (Å²) < 4.78 is 0. The number of piperazine rings is 1. The van der Waals surface area contributed by atoms with Gasteiger partial charge in [-0.05, 0) is 12.1 Å². The van der Waals surface area contributed by atoms with Crippen molar-refractivity contribution >= 4 is 11.6 Å². The molecule has 0 saturated carbocycles. The molecule has 1 aliphatic rings. The van der Waals surface area contributed by atoms with E-state index in [0.717, 1.165) is 44.2 Å². The predicted molar refractivity (Wildman–Crippen MR) is 78.2 cm³/mol. The number of pyridine rings is 1. The fourth-order valence-corrected chi connectivity index (χ4v) is 2.35. The number of rotatable bonds is 3. The highest BCUT2D eigenvalue weighted by Crippen LogP contribution is 2.13. The molecular weight excluding hydrogens is 252 g/mol. The molecule has 6 heteroatoms. The lowest BCUT2D eigenvalue weighted by Gasteiger charge is -2.35. The maximum absolute atomic E-state index is 5.54. The fourth-order valence-electron chi connectivity index (χ4n) is 2.35. The number of anilines is 2. The highest BCUT2D eigenvalue weighted by Gasteiger charge is 2.18. The second kappa shape index (κ2) is 5.83. The first-order valence-corrected chi connectivity index (χ1v) is 6.76. The fraction of sp³-hybridized carbons (Fsp3) is 0.357. The standard InChI is InChI=1S/C14H18N6/c15-13-10-17-12(9-18-13)11-19-5-7-20(8-6-19)14-3-1-2-4-16-14/h1-4,9-10H,5-8,11H2,(H2,15,18). The maximum atomic E-state index is 5.54. The summed E-state index contributed by atoms with van der Waals surface area (Å²) in [6.45, 7) is 4.80. The Morgan fingerprint density at radius 3 is 2.50 bits per heavy atom. The van der Waals surface area contributed by atoms with E-state index in [-0.39, 0.29) is 0 Å². The lowest BCUT2D eigenvalue weighted by molar-refractivity contribution is 0.246. The van der Waals surface area contributed by atoms with Crippen molar-refractivity contribution in [2.45, 2.75) is 6.54 Å². The molecule has 6 nitrogen and oxygen atoms in total. The Balaban J connectivity index is 1.55. The van der Waals surface area contributed by atoms with E-state index in [0.29, 0.717) is 5.82 Å². The van der Waals surface area contributed by atoms with Crippen LogP contribution in [0, 0.1) is 0 Å². The number of nitrogen functional groups attached to an aromatic ring is 1. The summed E-state index contributed by atoms with van der Waals surface area (Å²) >= 11 is 0. The minimum Gasteiger partial charge on any atom is -0.382 e. The van der Waals surface area contributed by atoms with Crippen LogP contribution in [0.15, 0.2) is 36.8 Å². The van der Waals surface area contributed by atoms with E-state index in [2.05, 4.69) is 30.8 Å². The zero-order chi connectivity index (χ0) is 13.8. The summed E-state index contributed by atoms with van der Waals surface area (Å²) in [5.74, 6) is 1.52. The van der Waals surface area contributed by atoms with Crippen LogP contribution in [0.1, 0.15) is 5.69 Å². The van der Waals surface area contributed by atoms with Crippen LogP contribution in [-0.4, -0.2) is 46.0 Å². The molecule has 0 unspecified atom stereocenters. The Morgan fingerprint density at radius 1 is 1.00 bits per heavy atom. The Kier molecular flexibility index (Phi) is 3.73. The normalized spacial score (nSPS) is 16.3. The second-order valence-corrected chi connectivity index (χ2v) is 4.88. The molecule has 0 bridgehead atoms. The molecule has 1 fully saturated rings. The lowest BCUT2D eigenvalue weighted by Crippen LogP contribution is -2.46. The van der Waals surface area contributed by atoms with Crippen LogP contribution in [0.25, 0.3) is 0 Å². The van der Waals surface area contributed by atoms with Gasteiger partial charge in [-0.25, -0.2) is 9.97 Å². The van der Waals surface area contributed by atoms with Crippen molar-refractivity contribution in [3.05, 3.63) is 42.5 Å². The Morgan fingerprint density at radius 2 is 1.85 bits per heavy atom. The minimum absolute atomic E-state index is 0.466. The molecule has 1 saturated heterocycles. The molecule has 0 atom stereocenters. The van der Waals surface area contributed by atoms with Crippen LogP contribution in [0.2, 0.25) is 0 Å². The third-order valence-electron chi connectivity index (χ3n) is 3.46. The van der Waals surface area contributed by atoms with Crippen molar-refractivity contribution in [1.82, 2.24) is 19.9 Å². The van der Waals surface area contributed by atoms with Crippen molar-refractivity contribution < 1.29 is 0 Å². The SMILES string of the molecule is Nc1cnc(CN2CCN(c3ccccn3)CC2)cn1. The number of aromatic nitrogens is 3. The van der Waals surface area contributed by atoms with Crippen molar-refractivity contribution in [2.75, 3.05) is 36.8 Å². The van der Waals surface area contributed by atoms with E-state index >= 15 is 0 Å². The summed E-state index contributed by atoms with van der Waals surface area (Å²) in [5, 5.41) is 0. The monoisotopic (exact) mass is 270 g/mol. The van der Waals surface area contributed by atoms with Crippen molar-refractivity contribution in [3.8, 4) is 0 Å². The number of nitrogens with zero attached hydrogens (tertiary/aromatic N) is 5. The summed E-state index contributed by atoms with van der Waals surface area (Å²) in [4.78, 5) is 17.4. The topological polar surface area (TPSA) is 71.2 Å². The summed E-state index contributed by atoms with van der Waals surface area (Å²) in [5.41, 5.74) is 6.51. The summed E-state index contributed by atoms with van der Waals surface area (Å²) in [6.07, 6.45) is 5.20. The largest absolute Gasteiger partial charge is 0.382 e. The zero-order valence-electron chi connectivity index (χ0n) is 11.3. The van der Waals surface area contributed by atoms with E-state index in [1.807, 2.05) is 18.3 Å². The van der Waals surface area contributed by atoms with Crippen LogP contribution >= 0.6 is 0 Å². The van der Waals surface area contributed by atoms with Gasteiger partial charge in [0.05, 0.1) is 18.1 Å². The van der Waals surface area contributed by atoms with Crippen LogP contribution in [0.3, 0.4) is 0 Å². The molecule has 2 aromatic rings. The number of hydrogen-bond acceptors (Lipinski definition) is 6. The molecule has 0 amide bonds. The zero-order valence-corrected chi connectivity index (χ0v) is 11.3. The third-order valence-corrected chi connectivity index (χ3v) is 3.46. The summed E-state index contributed by atoms with van der Waals surface area (Å²) in [7, 11) is 0. The van der Waals surface area contributed by atoms with Gasteiger partial charge >= 0.3 is 0 Å². The first-order chi connectivity index (χ1) is 9.81. The van der Waals surface area contributed by atoms with Crippen LogP contribution in [-0.2, 0) is 6.54 Å². The van der Waals surface area contributed by atoms with Gasteiger partial charge in [-0.1, -0.05) is 6.07 Å². The van der Waals surface area contributed by atoms with Gasteiger partial charge in [-0.2, -0.15) is 0 Å². The number of hydrogen-bond donors (Lipinski definition) is 1. The number of nitrogens with two attached hydrogens (primary N) is 1. The summed E-state index contributed by atoms with van der Waals surface area (Å²) in [6, 6.07) is 6.03. The van der Waals surface area contributed by atoms with Crippen LogP contribution in [0.4, 0.5) is 11.6 Å². The molecular formula is C14H18N6. The van der Waals surface area contributed by atoms with Gasteiger partial charge in [0.15, 0.2) is 0 Å². The molecule has 104 valence electrons. The molecule has 0 aromatic carbocycles. The Hall–Kier alpha value is -2.21. The van der Waals surface area contributed by atoms with Gasteiger partial charge in [0.25, 0.3) is 0 Å². The molecule has 2 N–H and O–H groups in total. The van der Waals surface area contributed by atoms with Gasteiger partial charge in [-0.3, -0.25) is 9.88 Å². The minimum atomic E-state index is 0.466. The van der Waals surface area contributed by atoms with Crippen molar-refractivity contribution in [2.24, 2.45) is 0 Å². The first kappa shape index (κ1) is 12.8. The van der Waals surface area contributed by atoms with E-state index in [9.17, 15) is 0 Å². The van der Waals surface area contributed by atoms with Gasteiger partial charge in [0.1, 0.15) is 11.6 Å². The van der Waals surface area contributed by atoms with Gasteiger partial charge in [0.2, 0.25) is 0 Å². The van der Waals surface area contributed by atoms with E-state index < -0.39 is 0 Å². The smallest absolute Gasteiger partial charge is 0.141 e. The molecule has 20 heavy (non-hydrogen) atoms. The molecule has 1 aliphatic heterocycles. The molecule has 3 rings (SSSR count). The second-order valence-electron chi connectivity index (χ2n) is 4.88. The van der Waals surface area contributed by atoms with Crippen LogP contribution < -0.4 is 10.6 Å². The van der Waals surface area contributed by atoms with E-state index in [4.69, 9.17) is 5.73 Å². The quantitative estimate of drug-likeness (QED) is 0.888. The first-order valence-electron chi connectivity index (χ1n) is 6.76. The maximum Gasteiger partial charge on any atom is 0.141 e. The molecule has 0 radical (unpaired) electrons. The van der Waals surface area contributed by atoms with Crippen molar-refractivity contribution in [3.63, 3.8) is 0 Å². The van der Waals surface area contributed by atoms with Gasteiger partial charge < -0.3 is 10.6 Å². The van der Waals surface area contributed by atoms with Gasteiger partial charge in [-0.15, -0.1) is 0 Å². The molecule has 2 aromatic heterocycles. The van der Waals surface area contributed by atoms with Gasteiger partial charge in [0, 0.05) is 38.9 Å². The van der Waals surface area contributed by atoms with E-state index in [1.54, 1.807) is 12.4 Å². The lowest BCUT2D eigenvalue weighted by atomic mass is 10.3. The average Bonchev–Trinajstić information content (AvgIpc) is 2.51. The average molecular weight is 270 g/mol. The highest BCUT2D eigenvalue weighted by atomic mass is 15.3. The highest BCUT2D eigenvalue weighted by molar-refractivity contribution is 5.38. The predicted octanol–water partition coefficient (Wildman–Crippen LogP) is 0.776. The molecule has 0 spiro atoms. The Labute approximate surface area is 118 Å². The molecule has 0 aliphatic carbocycles.